The average Bonchev–Trinajstić information content (AvgIpc) is 3.03. The Morgan fingerprint density at radius 1 is 1.39 bits per heavy atom. The van der Waals surface area contributed by atoms with Gasteiger partial charge in [0.05, 0.1) is 5.69 Å². The molecule has 2 N–H and O–H groups in total. The predicted molar refractivity (Wildman–Crippen MR) is 98.2 cm³/mol. The van der Waals surface area contributed by atoms with Crippen molar-refractivity contribution in [1.29, 1.82) is 0 Å². The Hall–Kier alpha value is -1.28. The number of halogens is 2. The Kier molecular flexibility index (Phi) is 8.40. The lowest BCUT2D eigenvalue weighted by Gasteiger charge is -2.22. The smallest absolute Gasteiger partial charge is 0.226 e. The van der Waals surface area contributed by atoms with E-state index in [4.69, 9.17) is 0 Å². The van der Waals surface area contributed by atoms with E-state index in [1.165, 1.54) is 0 Å². The standard InChI is InChI=1S/C14H17N5OS.2ClH/c20-13(9-11-10-21-8-6-15-11)18-12-3-1-4-16-14(12)19-7-2-5-17-19;;/h1-5,7,11,15H,6,8-10H2,(H,18,20);2*1H. The van der Waals surface area contributed by atoms with Crippen LogP contribution in [0.3, 0.4) is 0 Å². The second kappa shape index (κ2) is 9.77. The van der Waals surface area contributed by atoms with E-state index in [0.29, 0.717) is 17.9 Å². The summed E-state index contributed by atoms with van der Waals surface area (Å²) in [5.74, 6) is 2.72. The number of nitrogens with one attached hydrogen (secondary N) is 2. The van der Waals surface area contributed by atoms with E-state index in [1.54, 1.807) is 29.3 Å². The van der Waals surface area contributed by atoms with Gasteiger partial charge < -0.3 is 10.6 Å². The third kappa shape index (κ3) is 5.39. The predicted octanol–water partition coefficient (Wildman–Crippen LogP) is 2.14. The van der Waals surface area contributed by atoms with Gasteiger partial charge in [-0.1, -0.05) is 0 Å². The number of aromatic nitrogens is 3. The van der Waals surface area contributed by atoms with Crippen LogP contribution in [0, 0.1) is 0 Å². The summed E-state index contributed by atoms with van der Waals surface area (Å²) in [4.78, 5) is 16.5. The lowest BCUT2D eigenvalue weighted by atomic mass is 10.2. The first-order valence-electron chi connectivity index (χ1n) is 6.89. The molecule has 0 bridgehead atoms. The average molecular weight is 376 g/mol. The highest BCUT2D eigenvalue weighted by Gasteiger charge is 2.17. The fourth-order valence-electron chi connectivity index (χ4n) is 2.25. The first kappa shape index (κ1) is 19.8. The van der Waals surface area contributed by atoms with Crippen LogP contribution in [0.4, 0.5) is 5.69 Å². The maximum atomic E-state index is 12.2. The van der Waals surface area contributed by atoms with E-state index in [2.05, 4.69) is 20.7 Å². The van der Waals surface area contributed by atoms with Crippen LogP contribution >= 0.6 is 36.6 Å². The summed E-state index contributed by atoms with van der Waals surface area (Å²) in [6, 6.07) is 5.71. The third-order valence-corrected chi connectivity index (χ3v) is 4.34. The number of thioether (sulfide) groups is 1. The Balaban J connectivity index is 0.00000132. The van der Waals surface area contributed by atoms with Crippen LogP contribution in [-0.4, -0.2) is 44.8 Å². The minimum Gasteiger partial charge on any atom is -0.323 e. The molecule has 1 unspecified atom stereocenters. The van der Waals surface area contributed by atoms with Crippen molar-refractivity contribution in [2.24, 2.45) is 0 Å². The lowest BCUT2D eigenvalue weighted by Crippen LogP contribution is -2.40. The highest BCUT2D eigenvalue weighted by molar-refractivity contribution is 7.99. The number of hydrogen-bond donors (Lipinski definition) is 2. The number of amides is 1. The monoisotopic (exact) mass is 375 g/mol. The van der Waals surface area contributed by atoms with Gasteiger partial charge in [-0.25, -0.2) is 9.67 Å². The SMILES string of the molecule is Cl.Cl.O=C(CC1CSCCN1)Nc1cccnc1-n1cccn1. The summed E-state index contributed by atoms with van der Waals surface area (Å²) in [5, 5.41) is 10.5. The number of nitrogens with zero attached hydrogens (tertiary/aromatic N) is 3. The zero-order valence-electron chi connectivity index (χ0n) is 12.3. The molecule has 0 aliphatic carbocycles. The molecule has 1 aliphatic rings. The second-order valence-corrected chi connectivity index (χ2v) is 5.95. The maximum Gasteiger partial charge on any atom is 0.226 e. The highest BCUT2D eigenvalue weighted by atomic mass is 35.5. The molecule has 1 aliphatic heterocycles. The van der Waals surface area contributed by atoms with Crippen LogP contribution in [0.5, 0.6) is 0 Å². The molecule has 2 aromatic heterocycles. The fraction of sp³-hybridized carbons (Fsp3) is 0.357. The molecule has 1 atom stereocenters. The minimum absolute atomic E-state index is 0. The fourth-order valence-corrected chi connectivity index (χ4v) is 3.20. The van der Waals surface area contributed by atoms with E-state index >= 15 is 0 Å². The van der Waals surface area contributed by atoms with Crippen LogP contribution in [0.1, 0.15) is 6.42 Å². The van der Waals surface area contributed by atoms with E-state index in [-0.39, 0.29) is 36.8 Å². The molecule has 1 saturated heterocycles. The Morgan fingerprint density at radius 2 is 2.26 bits per heavy atom. The first-order chi connectivity index (χ1) is 10.3. The van der Waals surface area contributed by atoms with Crippen LogP contribution in [0.25, 0.3) is 5.82 Å². The van der Waals surface area contributed by atoms with Crippen LogP contribution < -0.4 is 10.6 Å². The molecule has 9 heteroatoms. The molecular weight excluding hydrogens is 357 g/mol. The number of rotatable bonds is 4. The summed E-state index contributed by atoms with van der Waals surface area (Å²) < 4.78 is 1.64. The van der Waals surface area contributed by atoms with Gasteiger partial charge in [-0.3, -0.25) is 4.79 Å². The molecule has 0 radical (unpaired) electrons. The molecule has 23 heavy (non-hydrogen) atoms. The molecule has 126 valence electrons. The molecule has 2 aromatic rings. The largest absolute Gasteiger partial charge is 0.323 e. The molecule has 1 fully saturated rings. The topological polar surface area (TPSA) is 71.8 Å². The molecule has 3 heterocycles. The molecule has 0 aromatic carbocycles. The second-order valence-electron chi connectivity index (χ2n) is 4.80. The molecular formula is C14H19Cl2N5OS. The zero-order chi connectivity index (χ0) is 14.5. The van der Waals surface area contributed by atoms with Gasteiger partial charge >= 0.3 is 0 Å². The lowest BCUT2D eigenvalue weighted by molar-refractivity contribution is -0.116. The Labute approximate surface area is 151 Å². The number of hydrogen-bond acceptors (Lipinski definition) is 5. The van der Waals surface area contributed by atoms with Crippen molar-refractivity contribution in [1.82, 2.24) is 20.1 Å². The van der Waals surface area contributed by atoms with Gasteiger partial charge in [-0.05, 0) is 18.2 Å². The normalized spacial score (nSPS) is 16.8. The number of anilines is 1. The van der Waals surface area contributed by atoms with E-state index in [0.717, 1.165) is 18.1 Å². The van der Waals surface area contributed by atoms with Crippen LogP contribution in [0.2, 0.25) is 0 Å². The summed E-state index contributed by atoms with van der Waals surface area (Å²) in [6.45, 7) is 0.966. The zero-order valence-corrected chi connectivity index (χ0v) is 14.8. The van der Waals surface area contributed by atoms with Gasteiger partial charge in [-0.15, -0.1) is 24.8 Å². The molecule has 1 amide bonds. The molecule has 3 rings (SSSR count). The summed E-state index contributed by atoms with van der Waals surface area (Å²) >= 11 is 1.88. The van der Waals surface area contributed by atoms with Gasteiger partial charge in [0.15, 0.2) is 5.82 Å². The van der Waals surface area contributed by atoms with Crippen molar-refractivity contribution in [2.45, 2.75) is 12.5 Å². The number of pyridine rings is 1. The van der Waals surface area contributed by atoms with Gasteiger partial charge in [-0.2, -0.15) is 16.9 Å². The van der Waals surface area contributed by atoms with Gasteiger partial charge in [0, 0.05) is 49.1 Å². The quantitative estimate of drug-likeness (QED) is 0.856. The maximum absolute atomic E-state index is 12.2. The van der Waals surface area contributed by atoms with Crippen molar-refractivity contribution < 1.29 is 4.79 Å². The van der Waals surface area contributed by atoms with Crippen molar-refractivity contribution >= 4 is 48.2 Å². The van der Waals surface area contributed by atoms with Crippen molar-refractivity contribution in [2.75, 3.05) is 23.4 Å². The van der Waals surface area contributed by atoms with Crippen molar-refractivity contribution in [3.63, 3.8) is 0 Å². The Morgan fingerprint density at radius 3 is 2.96 bits per heavy atom. The van der Waals surface area contributed by atoms with Crippen molar-refractivity contribution in [3.05, 3.63) is 36.8 Å². The molecule has 0 saturated carbocycles. The van der Waals surface area contributed by atoms with Crippen molar-refractivity contribution in [3.8, 4) is 5.82 Å². The Bertz CT molecular complexity index is 605. The van der Waals surface area contributed by atoms with Gasteiger partial charge in [0.2, 0.25) is 5.91 Å². The van der Waals surface area contributed by atoms with Crippen LogP contribution in [0.15, 0.2) is 36.8 Å². The van der Waals surface area contributed by atoms with Gasteiger partial charge in [0.1, 0.15) is 0 Å². The summed E-state index contributed by atoms with van der Waals surface area (Å²) in [6.07, 6.45) is 5.65. The molecule has 6 nitrogen and oxygen atoms in total. The summed E-state index contributed by atoms with van der Waals surface area (Å²) in [7, 11) is 0. The summed E-state index contributed by atoms with van der Waals surface area (Å²) in [5.41, 5.74) is 0.676. The van der Waals surface area contributed by atoms with E-state index in [9.17, 15) is 4.79 Å². The molecule has 0 spiro atoms. The van der Waals surface area contributed by atoms with Crippen LogP contribution in [-0.2, 0) is 4.79 Å². The number of carbonyl (C=O) groups is 1. The van der Waals surface area contributed by atoms with E-state index < -0.39 is 0 Å². The number of carbonyl (C=O) groups excluding carboxylic acids is 1. The van der Waals surface area contributed by atoms with Gasteiger partial charge in [0.25, 0.3) is 0 Å². The van der Waals surface area contributed by atoms with E-state index in [1.807, 2.05) is 23.9 Å². The minimum atomic E-state index is -0.00333. The highest BCUT2D eigenvalue weighted by Crippen LogP contribution is 2.17. The first-order valence-corrected chi connectivity index (χ1v) is 8.04. The third-order valence-electron chi connectivity index (χ3n) is 3.21.